The number of ether oxygens (including phenoxy) is 2. The summed E-state index contributed by atoms with van der Waals surface area (Å²) in [7, 11) is 0. The average molecular weight is 442 g/mol. The van der Waals surface area contributed by atoms with Crippen LogP contribution in [0.2, 0.25) is 0 Å². The molecule has 3 rings (SSSR count). The van der Waals surface area contributed by atoms with Crippen molar-refractivity contribution < 1.29 is 22.6 Å². The second kappa shape index (κ2) is 11.2. The molecule has 1 aromatic rings. The number of alkyl halides is 3. The van der Waals surface area contributed by atoms with E-state index in [1.165, 1.54) is 12.1 Å². The molecule has 0 atom stereocenters. The zero-order valence-corrected chi connectivity index (χ0v) is 18.3. The lowest BCUT2D eigenvalue weighted by atomic mass is 9.94. The molecule has 174 valence electrons. The van der Waals surface area contributed by atoms with Crippen LogP contribution in [0.5, 0.6) is 0 Å². The lowest BCUT2D eigenvalue weighted by molar-refractivity contribution is -0.137. The van der Waals surface area contributed by atoms with Crippen LogP contribution >= 0.6 is 0 Å². The molecule has 0 unspecified atom stereocenters. The van der Waals surface area contributed by atoms with Crippen LogP contribution in [-0.4, -0.2) is 52.0 Å². The van der Waals surface area contributed by atoms with E-state index in [0.717, 1.165) is 76.6 Å². The van der Waals surface area contributed by atoms with Crippen LogP contribution in [0.25, 0.3) is 0 Å². The fraction of sp³-hybridized carbons (Fsp3) is 0.696. The second-order valence-corrected chi connectivity index (χ2v) is 8.47. The Kier molecular flexibility index (Phi) is 8.60. The van der Waals surface area contributed by atoms with Gasteiger partial charge in [-0.05, 0) is 56.6 Å². The number of halogens is 3. The van der Waals surface area contributed by atoms with E-state index in [1.807, 2.05) is 6.92 Å². The normalized spacial score (nSPS) is 19.3. The molecule has 2 N–H and O–H groups in total. The molecule has 0 bridgehead atoms. The molecule has 1 saturated carbocycles. The number of benzene rings is 1. The fourth-order valence-electron chi connectivity index (χ4n) is 3.83. The number of guanidine groups is 1. The molecule has 0 spiro atoms. The Bertz CT molecular complexity index is 714. The minimum Gasteiger partial charge on any atom is -0.381 e. The fourth-order valence-corrected chi connectivity index (χ4v) is 3.83. The molecule has 1 aliphatic heterocycles. The van der Waals surface area contributed by atoms with Gasteiger partial charge in [-0.25, -0.2) is 0 Å². The summed E-state index contributed by atoms with van der Waals surface area (Å²) in [5.41, 5.74) is -0.148. The van der Waals surface area contributed by atoms with E-state index in [-0.39, 0.29) is 5.41 Å². The van der Waals surface area contributed by atoms with Crippen LogP contribution in [-0.2, 0) is 21.1 Å². The lowest BCUT2D eigenvalue weighted by Crippen LogP contribution is -2.38. The van der Waals surface area contributed by atoms with Crippen LogP contribution in [0.15, 0.2) is 29.3 Å². The van der Waals surface area contributed by atoms with Gasteiger partial charge in [0.2, 0.25) is 0 Å². The number of hydrogen-bond acceptors (Lipinski definition) is 3. The van der Waals surface area contributed by atoms with Crippen molar-refractivity contribution in [3.63, 3.8) is 0 Å². The van der Waals surface area contributed by atoms with E-state index in [1.54, 1.807) is 6.07 Å². The number of rotatable bonds is 10. The smallest absolute Gasteiger partial charge is 0.381 e. The molecule has 1 aromatic carbocycles. The molecule has 31 heavy (non-hydrogen) atoms. The molecule has 0 aromatic heterocycles. The quantitative estimate of drug-likeness (QED) is 0.326. The van der Waals surface area contributed by atoms with Gasteiger partial charge in [-0.1, -0.05) is 18.2 Å². The van der Waals surface area contributed by atoms with Gasteiger partial charge >= 0.3 is 6.18 Å². The van der Waals surface area contributed by atoms with Crippen molar-refractivity contribution in [1.29, 1.82) is 0 Å². The molecule has 0 amide bonds. The molecule has 0 radical (unpaired) electrons. The van der Waals surface area contributed by atoms with Crippen molar-refractivity contribution in [1.82, 2.24) is 10.6 Å². The zero-order valence-electron chi connectivity index (χ0n) is 18.3. The predicted octanol–water partition coefficient (Wildman–Crippen LogP) is 4.13. The topological polar surface area (TPSA) is 54.9 Å². The molecule has 2 aliphatic rings. The van der Waals surface area contributed by atoms with Gasteiger partial charge in [-0.2, -0.15) is 13.2 Å². The summed E-state index contributed by atoms with van der Waals surface area (Å²) in [6.45, 7) is 7.08. The lowest BCUT2D eigenvalue weighted by Gasteiger charge is -2.21. The highest BCUT2D eigenvalue weighted by Crippen LogP contribution is 2.49. The average Bonchev–Trinajstić information content (AvgIpc) is 3.56. The predicted molar refractivity (Wildman–Crippen MR) is 115 cm³/mol. The van der Waals surface area contributed by atoms with Crippen molar-refractivity contribution in [2.75, 3.05) is 46.1 Å². The van der Waals surface area contributed by atoms with E-state index in [0.29, 0.717) is 25.0 Å². The molecule has 1 heterocycles. The first-order valence-electron chi connectivity index (χ1n) is 11.3. The number of hydrogen-bond donors (Lipinski definition) is 2. The third-order valence-corrected chi connectivity index (χ3v) is 5.99. The molecule has 1 aliphatic carbocycles. The summed E-state index contributed by atoms with van der Waals surface area (Å²) >= 11 is 0. The second-order valence-electron chi connectivity index (χ2n) is 8.47. The summed E-state index contributed by atoms with van der Waals surface area (Å²) in [6.07, 6.45) is 0.409. The summed E-state index contributed by atoms with van der Waals surface area (Å²) in [5, 5.41) is 6.52. The summed E-state index contributed by atoms with van der Waals surface area (Å²) in [5.74, 6) is 1.30. The Labute approximate surface area is 182 Å². The van der Waals surface area contributed by atoms with Crippen LogP contribution in [0.3, 0.4) is 0 Å². The Morgan fingerprint density at radius 2 is 2.00 bits per heavy atom. The molecular weight excluding hydrogens is 407 g/mol. The third-order valence-electron chi connectivity index (χ3n) is 5.99. The van der Waals surface area contributed by atoms with Crippen molar-refractivity contribution in [2.45, 2.75) is 50.6 Å². The Hall–Kier alpha value is -1.80. The molecule has 1 saturated heterocycles. The van der Waals surface area contributed by atoms with Gasteiger partial charge in [0.1, 0.15) is 0 Å². The van der Waals surface area contributed by atoms with E-state index >= 15 is 0 Å². The van der Waals surface area contributed by atoms with Crippen molar-refractivity contribution in [2.24, 2.45) is 10.9 Å². The van der Waals surface area contributed by atoms with Crippen LogP contribution in [0, 0.1) is 5.92 Å². The van der Waals surface area contributed by atoms with Crippen molar-refractivity contribution >= 4 is 5.96 Å². The maximum absolute atomic E-state index is 13.1. The monoisotopic (exact) mass is 441 g/mol. The summed E-state index contributed by atoms with van der Waals surface area (Å²) in [4.78, 5) is 4.67. The van der Waals surface area contributed by atoms with Crippen LogP contribution < -0.4 is 10.6 Å². The summed E-state index contributed by atoms with van der Waals surface area (Å²) < 4.78 is 50.3. The van der Waals surface area contributed by atoms with Crippen LogP contribution in [0.1, 0.15) is 50.2 Å². The van der Waals surface area contributed by atoms with Gasteiger partial charge in [0.05, 0.1) is 12.1 Å². The van der Waals surface area contributed by atoms with Gasteiger partial charge < -0.3 is 20.1 Å². The Morgan fingerprint density at radius 3 is 2.68 bits per heavy atom. The maximum atomic E-state index is 13.1. The molecular formula is C23H34F3N3O2. The first-order valence-corrected chi connectivity index (χ1v) is 11.3. The highest BCUT2D eigenvalue weighted by Gasteiger charge is 2.45. The molecule has 2 fully saturated rings. The highest BCUT2D eigenvalue weighted by atomic mass is 19.4. The standard InChI is InChI=1S/C23H34F3N3O2/c1-2-27-21(28-11-4-12-31-16-18-7-13-30-14-8-18)29-17-22(9-10-22)19-5-3-6-20(15-19)23(24,25)26/h3,5-6,15,18H,2,4,7-14,16-17H2,1H3,(H2,27,28,29). The first kappa shape index (κ1) is 23.9. The Morgan fingerprint density at radius 1 is 1.23 bits per heavy atom. The molecule has 5 nitrogen and oxygen atoms in total. The molecule has 8 heteroatoms. The SMILES string of the molecule is CCNC(=NCC1(c2cccc(C(F)(F)F)c2)CC1)NCCCOCC1CCOCC1. The first-order chi connectivity index (χ1) is 14.9. The number of nitrogens with one attached hydrogen (secondary N) is 2. The third kappa shape index (κ3) is 7.38. The largest absolute Gasteiger partial charge is 0.416 e. The number of aliphatic imine (C=N–C) groups is 1. The van der Waals surface area contributed by atoms with Crippen molar-refractivity contribution in [3.05, 3.63) is 35.4 Å². The van der Waals surface area contributed by atoms with Gasteiger partial charge in [-0.3, -0.25) is 4.99 Å². The van der Waals surface area contributed by atoms with Gasteiger partial charge in [-0.15, -0.1) is 0 Å². The highest BCUT2D eigenvalue weighted by molar-refractivity contribution is 5.79. The number of nitrogens with zero attached hydrogens (tertiary/aromatic N) is 1. The van der Waals surface area contributed by atoms with E-state index < -0.39 is 11.7 Å². The summed E-state index contributed by atoms with van der Waals surface area (Å²) in [6, 6.07) is 5.68. The minimum atomic E-state index is -4.32. The van der Waals surface area contributed by atoms with E-state index in [2.05, 4.69) is 15.6 Å². The zero-order chi connectivity index (χ0) is 22.2. The van der Waals surface area contributed by atoms with E-state index in [4.69, 9.17) is 9.47 Å². The Balaban J connectivity index is 1.44. The van der Waals surface area contributed by atoms with E-state index in [9.17, 15) is 13.2 Å². The van der Waals surface area contributed by atoms with Gasteiger partial charge in [0.15, 0.2) is 5.96 Å². The maximum Gasteiger partial charge on any atom is 0.416 e. The van der Waals surface area contributed by atoms with Crippen molar-refractivity contribution in [3.8, 4) is 0 Å². The van der Waals surface area contributed by atoms with Gasteiger partial charge in [0, 0.05) is 44.9 Å². The minimum absolute atomic E-state index is 0.281. The van der Waals surface area contributed by atoms with Gasteiger partial charge in [0.25, 0.3) is 0 Å². The van der Waals surface area contributed by atoms with Crippen LogP contribution in [0.4, 0.5) is 13.2 Å².